The Kier molecular flexibility index (Phi) is 6.88. The van der Waals surface area contributed by atoms with Gasteiger partial charge >= 0.3 is 5.97 Å². The summed E-state index contributed by atoms with van der Waals surface area (Å²) in [5.41, 5.74) is 1.41. The van der Waals surface area contributed by atoms with Crippen LogP contribution in [0.5, 0.6) is 11.5 Å². The largest absolute Gasteiger partial charge is 0.490 e. The second-order valence-corrected chi connectivity index (χ2v) is 6.57. The van der Waals surface area contributed by atoms with E-state index in [1.807, 2.05) is 60.7 Å². The number of benzene rings is 3. The van der Waals surface area contributed by atoms with E-state index in [0.717, 1.165) is 11.3 Å². The van der Waals surface area contributed by atoms with Gasteiger partial charge in [-0.05, 0) is 51.8 Å². The van der Waals surface area contributed by atoms with Crippen molar-refractivity contribution in [1.29, 1.82) is 0 Å². The van der Waals surface area contributed by atoms with Crippen molar-refractivity contribution in [2.75, 3.05) is 13.2 Å². The molecule has 0 bridgehead atoms. The Bertz CT molecular complexity index is 866. The van der Waals surface area contributed by atoms with Gasteiger partial charge in [-0.3, -0.25) is 0 Å². The molecule has 4 nitrogen and oxygen atoms in total. The third kappa shape index (κ3) is 5.86. The Hall–Kier alpha value is -2.79. The molecular weight excluding hydrogens is 408 g/mol. The lowest BCUT2D eigenvalue weighted by Gasteiger charge is -2.11. The van der Waals surface area contributed by atoms with Crippen molar-refractivity contribution in [3.05, 3.63) is 94.5 Å². The fraction of sp³-hybridized carbons (Fsp3) is 0.136. The molecule has 5 heteroatoms. The minimum Gasteiger partial charge on any atom is -0.490 e. The Balaban J connectivity index is 1.48. The SMILES string of the molecule is O=C(OCc1ccccc1)c1ccc(OCCOc2ccccc2)c(Br)c1. The first-order valence-corrected chi connectivity index (χ1v) is 9.33. The highest BCUT2D eigenvalue weighted by molar-refractivity contribution is 9.10. The molecule has 0 radical (unpaired) electrons. The van der Waals surface area contributed by atoms with Crippen LogP contribution in [0.15, 0.2) is 83.3 Å². The number of carbonyl (C=O) groups is 1. The molecule has 3 aromatic carbocycles. The number of para-hydroxylation sites is 1. The normalized spacial score (nSPS) is 10.3. The second kappa shape index (κ2) is 9.78. The second-order valence-electron chi connectivity index (χ2n) is 5.72. The average Bonchev–Trinajstić information content (AvgIpc) is 2.72. The molecule has 0 N–H and O–H groups in total. The first kappa shape index (κ1) is 19.0. The molecule has 0 unspecified atom stereocenters. The van der Waals surface area contributed by atoms with Crippen molar-refractivity contribution in [1.82, 2.24) is 0 Å². The molecule has 0 atom stereocenters. The zero-order valence-electron chi connectivity index (χ0n) is 14.6. The van der Waals surface area contributed by atoms with Gasteiger partial charge in [0.25, 0.3) is 0 Å². The highest BCUT2D eigenvalue weighted by Gasteiger charge is 2.11. The fourth-order valence-electron chi connectivity index (χ4n) is 2.38. The fourth-order valence-corrected chi connectivity index (χ4v) is 2.87. The highest BCUT2D eigenvalue weighted by Crippen LogP contribution is 2.26. The van der Waals surface area contributed by atoms with Crippen LogP contribution in [0.4, 0.5) is 0 Å². The molecule has 0 aromatic heterocycles. The quantitative estimate of drug-likeness (QED) is 0.363. The van der Waals surface area contributed by atoms with Gasteiger partial charge in [0, 0.05) is 0 Å². The Morgan fingerprint density at radius 1 is 0.815 bits per heavy atom. The van der Waals surface area contributed by atoms with Gasteiger partial charge in [0.15, 0.2) is 0 Å². The summed E-state index contributed by atoms with van der Waals surface area (Å²) in [5, 5.41) is 0. The third-order valence-corrected chi connectivity index (χ3v) is 4.35. The van der Waals surface area contributed by atoms with Crippen LogP contribution >= 0.6 is 15.9 Å². The minimum atomic E-state index is -0.376. The number of carbonyl (C=O) groups excluding carboxylic acids is 1. The minimum absolute atomic E-state index is 0.242. The van der Waals surface area contributed by atoms with Crippen molar-refractivity contribution in [3.8, 4) is 11.5 Å². The summed E-state index contributed by atoms with van der Waals surface area (Å²) in [7, 11) is 0. The summed E-state index contributed by atoms with van der Waals surface area (Å²) in [6, 6.07) is 24.3. The number of hydrogen-bond donors (Lipinski definition) is 0. The maximum absolute atomic E-state index is 12.2. The van der Waals surface area contributed by atoms with Gasteiger partial charge in [-0.1, -0.05) is 48.5 Å². The lowest BCUT2D eigenvalue weighted by atomic mass is 10.2. The molecule has 27 heavy (non-hydrogen) atoms. The topological polar surface area (TPSA) is 44.8 Å². The van der Waals surface area contributed by atoms with E-state index in [1.54, 1.807) is 18.2 Å². The van der Waals surface area contributed by atoms with E-state index in [-0.39, 0.29) is 12.6 Å². The van der Waals surface area contributed by atoms with Crippen molar-refractivity contribution in [2.45, 2.75) is 6.61 Å². The monoisotopic (exact) mass is 426 g/mol. The third-order valence-electron chi connectivity index (χ3n) is 3.73. The molecule has 138 valence electrons. The molecule has 3 rings (SSSR count). The van der Waals surface area contributed by atoms with Crippen molar-refractivity contribution in [2.24, 2.45) is 0 Å². The molecule has 0 fully saturated rings. The van der Waals surface area contributed by atoms with E-state index in [4.69, 9.17) is 14.2 Å². The summed E-state index contributed by atoms with van der Waals surface area (Å²) in [6.07, 6.45) is 0. The zero-order valence-corrected chi connectivity index (χ0v) is 16.2. The first-order valence-electron chi connectivity index (χ1n) is 8.53. The van der Waals surface area contributed by atoms with Crippen molar-refractivity contribution >= 4 is 21.9 Å². The molecule has 0 aliphatic rings. The van der Waals surface area contributed by atoms with Crippen LogP contribution in [-0.4, -0.2) is 19.2 Å². The van der Waals surface area contributed by atoms with E-state index in [0.29, 0.717) is 29.0 Å². The Morgan fingerprint density at radius 2 is 1.48 bits per heavy atom. The van der Waals surface area contributed by atoms with Gasteiger partial charge in [0.2, 0.25) is 0 Å². The molecule has 0 saturated carbocycles. The highest BCUT2D eigenvalue weighted by atomic mass is 79.9. The van der Waals surface area contributed by atoms with E-state index < -0.39 is 0 Å². The van der Waals surface area contributed by atoms with E-state index >= 15 is 0 Å². The predicted molar refractivity (Wildman–Crippen MR) is 107 cm³/mol. The zero-order chi connectivity index (χ0) is 18.9. The van der Waals surface area contributed by atoms with E-state index in [2.05, 4.69) is 15.9 Å². The summed E-state index contributed by atoms with van der Waals surface area (Å²) in [4.78, 5) is 12.2. The lowest BCUT2D eigenvalue weighted by molar-refractivity contribution is 0.0472. The van der Waals surface area contributed by atoms with Gasteiger partial charge in [0.05, 0.1) is 10.0 Å². The first-order chi connectivity index (χ1) is 13.2. The summed E-state index contributed by atoms with van der Waals surface area (Å²) >= 11 is 3.43. The maximum Gasteiger partial charge on any atom is 0.338 e. The molecule has 0 spiro atoms. The Morgan fingerprint density at radius 3 is 2.19 bits per heavy atom. The van der Waals surface area contributed by atoms with Crippen LogP contribution < -0.4 is 9.47 Å². The lowest BCUT2D eigenvalue weighted by Crippen LogP contribution is -2.10. The number of esters is 1. The standard InChI is InChI=1S/C22H19BrO4/c23-20-15-18(22(24)27-16-17-7-3-1-4-8-17)11-12-21(20)26-14-13-25-19-9-5-2-6-10-19/h1-12,15H,13-14,16H2. The molecule has 0 aliphatic carbocycles. The Labute approximate surface area is 166 Å². The number of halogens is 1. The number of ether oxygens (including phenoxy) is 3. The van der Waals surface area contributed by atoms with Crippen LogP contribution in [0.25, 0.3) is 0 Å². The van der Waals surface area contributed by atoms with Gasteiger partial charge in [-0.2, -0.15) is 0 Å². The summed E-state index contributed by atoms with van der Waals surface area (Å²) in [6.45, 7) is 1.06. The number of hydrogen-bond acceptors (Lipinski definition) is 4. The van der Waals surface area contributed by atoms with Gasteiger partial charge in [-0.15, -0.1) is 0 Å². The van der Waals surface area contributed by atoms with Crippen molar-refractivity contribution in [3.63, 3.8) is 0 Å². The summed E-state index contributed by atoms with van der Waals surface area (Å²) in [5.74, 6) is 1.07. The van der Waals surface area contributed by atoms with E-state index in [9.17, 15) is 4.79 Å². The van der Waals surface area contributed by atoms with Crippen molar-refractivity contribution < 1.29 is 19.0 Å². The van der Waals surface area contributed by atoms with Crippen LogP contribution in [0, 0.1) is 0 Å². The van der Waals surface area contributed by atoms with Gasteiger partial charge < -0.3 is 14.2 Å². The number of rotatable bonds is 8. The average molecular weight is 427 g/mol. The van der Waals surface area contributed by atoms with Crippen LogP contribution in [0.3, 0.4) is 0 Å². The molecule has 0 amide bonds. The van der Waals surface area contributed by atoms with Crippen LogP contribution in [0.1, 0.15) is 15.9 Å². The molecule has 3 aromatic rings. The van der Waals surface area contributed by atoms with E-state index in [1.165, 1.54) is 0 Å². The van der Waals surface area contributed by atoms with Crippen LogP contribution in [0.2, 0.25) is 0 Å². The van der Waals surface area contributed by atoms with Gasteiger partial charge in [0.1, 0.15) is 31.3 Å². The van der Waals surface area contributed by atoms with Gasteiger partial charge in [-0.25, -0.2) is 4.79 Å². The molecule has 0 aliphatic heterocycles. The smallest absolute Gasteiger partial charge is 0.338 e. The molecule has 0 heterocycles. The molecule has 0 saturated heterocycles. The predicted octanol–water partition coefficient (Wildman–Crippen LogP) is 5.26. The van der Waals surface area contributed by atoms with Crippen LogP contribution in [-0.2, 0) is 11.3 Å². The summed E-state index contributed by atoms with van der Waals surface area (Å²) < 4.78 is 17.3. The maximum atomic E-state index is 12.2. The molecular formula is C22H19BrO4.